The fraction of sp³-hybridized carbons (Fsp3) is 0.333. The van der Waals surface area contributed by atoms with Gasteiger partial charge in [0.1, 0.15) is 4.21 Å². The molecule has 0 unspecified atom stereocenters. The van der Waals surface area contributed by atoms with Crippen molar-refractivity contribution in [1.29, 1.82) is 0 Å². The molecular weight excluding hydrogens is 506 g/mol. The number of carbonyl (C=O) groups is 1. The molecule has 172 valence electrons. The lowest BCUT2D eigenvalue weighted by Crippen LogP contribution is -2.40. The minimum absolute atomic E-state index is 0.172. The number of ether oxygens (including phenoxy) is 2. The van der Waals surface area contributed by atoms with Crippen molar-refractivity contribution in [2.24, 2.45) is 10.9 Å². The van der Waals surface area contributed by atoms with Crippen molar-refractivity contribution in [1.82, 2.24) is 8.87 Å². The molecule has 1 saturated heterocycles. The number of thiazole rings is 1. The Balaban J connectivity index is 1.37. The molecule has 3 aromatic rings. The van der Waals surface area contributed by atoms with Gasteiger partial charge in [-0.25, -0.2) is 8.42 Å². The van der Waals surface area contributed by atoms with E-state index in [0.717, 1.165) is 21.6 Å². The van der Waals surface area contributed by atoms with Crippen LogP contribution in [0.5, 0.6) is 11.5 Å². The lowest BCUT2D eigenvalue weighted by atomic mass is 9.98. The Morgan fingerprint density at radius 1 is 1.21 bits per heavy atom. The minimum atomic E-state index is -3.61. The number of hydrogen-bond donors (Lipinski definition) is 0. The standard InChI is InChI=1S/C21H18ClN3O5S3/c1-2-7-25-14-10-15-16(30-12-29-15)11-17(14)31-21(25)23-20(26)13-5-8-24(9-6-13)33(27,28)19-4-3-18(22)32-19/h1,3-4,10-11,13H,5-9,12H2. The van der Waals surface area contributed by atoms with Crippen molar-refractivity contribution >= 4 is 60.4 Å². The van der Waals surface area contributed by atoms with E-state index in [1.165, 1.54) is 21.7 Å². The molecule has 2 aliphatic rings. The Morgan fingerprint density at radius 3 is 2.61 bits per heavy atom. The molecule has 0 bridgehead atoms. The van der Waals surface area contributed by atoms with Gasteiger partial charge >= 0.3 is 0 Å². The Bertz CT molecular complexity index is 1460. The maximum atomic E-state index is 13.0. The highest BCUT2D eigenvalue weighted by Gasteiger charge is 2.33. The quantitative estimate of drug-likeness (QED) is 0.489. The van der Waals surface area contributed by atoms with E-state index in [2.05, 4.69) is 10.9 Å². The predicted octanol–water partition coefficient (Wildman–Crippen LogP) is 3.31. The van der Waals surface area contributed by atoms with Crippen LogP contribution in [0.3, 0.4) is 0 Å². The summed E-state index contributed by atoms with van der Waals surface area (Å²) in [5.74, 6) is 3.25. The maximum absolute atomic E-state index is 13.0. The van der Waals surface area contributed by atoms with Crippen LogP contribution in [0.4, 0.5) is 0 Å². The molecule has 1 aromatic carbocycles. The molecule has 0 radical (unpaired) electrons. The number of halogens is 1. The smallest absolute Gasteiger partial charge is 0.252 e. The Morgan fingerprint density at radius 2 is 1.94 bits per heavy atom. The van der Waals surface area contributed by atoms with Crippen LogP contribution < -0.4 is 14.3 Å². The van der Waals surface area contributed by atoms with Gasteiger partial charge in [0.2, 0.25) is 6.79 Å². The molecule has 1 amide bonds. The SMILES string of the molecule is C#CCn1c(=NC(=O)C2CCN(S(=O)(=O)c3ccc(Cl)s3)CC2)sc2cc3c(cc21)OCO3. The molecule has 1 fully saturated rings. The van der Waals surface area contributed by atoms with Crippen molar-refractivity contribution in [2.75, 3.05) is 19.9 Å². The molecular formula is C21H18ClN3O5S3. The predicted molar refractivity (Wildman–Crippen MR) is 126 cm³/mol. The highest BCUT2D eigenvalue weighted by molar-refractivity contribution is 7.91. The van der Waals surface area contributed by atoms with E-state index < -0.39 is 10.0 Å². The number of hydrogen-bond acceptors (Lipinski definition) is 7. The highest BCUT2D eigenvalue weighted by Crippen LogP contribution is 2.37. The third kappa shape index (κ3) is 4.18. The highest BCUT2D eigenvalue weighted by atomic mass is 35.5. The number of carbonyl (C=O) groups excluding carboxylic acids is 1. The molecule has 33 heavy (non-hydrogen) atoms. The van der Waals surface area contributed by atoms with Gasteiger partial charge in [0.05, 0.1) is 21.1 Å². The summed E-state index contributed by atoms with van der Waals surface area (Å²) in [5.41, 5.74) is 0.823. The normalized spacial score (nSPS) is 17.5. The Labute approximate surface area is 203 Å². The molecule has 4 heterocycles. The number of fused-ring (bicyclic) bond motifs is 2. The zero-order valence-corrected chi connectivity index (χ0v) is 20.4. The summed E-state index contributed by atoms with van der Waals surface area (Å²) in [5, 5.41) is 0. The van der Waals surface area contributed by atoms with Crippen LogP contribution in [0.1, 0.15) is 12.8 Å². The van der Waals surface area contributed by atoms with E-state index in [-0.39, 0.29) is 42.5 Å². The van der Waals surface area contributed by atoms with Crippen molar-refractivity contribution in [3.8, 4) is 23.8 Å². The maximum Gasteiger partial charge on any atom is 0.252 e. The third-order valence-corrected chi connectivity index (χ3v) is 10.2. The average molecular weight is 524 g/mol. The van der Waals surface area contributed by atoms with Gasteiger partial charge in [0, 0.05) is 31.1 Å². The fourth-order valence-electron chi connectivity index (χ4n) is 3.88. The summed E-state index contributed by atoms with van der Waals surface area (Å²) >= 11 is 8.27. The van der Waals surface area contributed by atoms with Crippen LogP contribution >= 0.6 is 34.3 Å². The second-order valence-corrected chi connectivity index (χ2v) is 12.4. The van der Waals surface area contributed by atoms with Gasteiger partial charge in [-0.1, -0.05) is 28.9 Å². The van der Waals surface area contributed by atoms with E-state index in [9.17, 15) is 13.2 Å². The van der Waals surface area contributed by atoms with Gasteiger partial charge in [-0.05, 0) is 25.0 Å². The molecule has 8 nitrogen and oxygen atoms in total. The second-order valence-electron chi connectivity index (χ2n) is 7.54. The number of piperidine rings is 1. The van der Waals surface area contributed by atoms with Gasteiger partial charge in [-0.2, -0.15) is 9.30 Å². The summed E-state index contributed by atoms with van der Waals surface area (Å²) in [4.78, 5) is 17.8. The number of rotatable bonds is 4. The fourth-order valence-corrected chi connectivity index (χ4v) is 8.03. The van der Waals surface area contributed by atoms with Gasteiger partial charge in [-0.15, -0.1) is 17.8 Å². The molecule has 0 N–H and O–H groups in total. The van der Waals surface area contributed by atoms with E-state index >= 15 is 0 Å². The van der Waals surface area contributed by atoms with Crippen molar-refractivity contribution in [3.05, 3.63) is 33.4 Å². The van der Waals surface area contributed by atoms with Crippen LogP contribution in [-0.4, -0.2) is 43.1 Å². The molecule has 5 rings (SSSR count). The first-order chi connectivity index (χ1) is 15.9. The van der Waals surface area contributed by atoms with Gasteiger partial charge in [-0.3, -0.25) is 4.79 Å². The molecule has 0 atom stereocenters. The monoisotopic (exact) mass is 523 g/mol. The molecule has 12 heteroatoms. The van der Waals surface area contributed by atoms with E-state index in [4.69, 9.17) is 27.5 Å². The zero-order valence-electron chi connectivity index (χ0n) is 17.2. The summed E-state index contributed by atoms with van der Waals surface area (Å²) in [6.07, 6.45) is 6.35. The summed E-state index contributed by atoms with van der Waals surface area (Å²) in [7, 11) is -3.61. The van der Waals surface area contributed by atoms with E-state index in [1.807, 2.05) is 12.1 Å². The van der Waals surface area contributed by atoms with E-state index in [0.29, 0.717) is 33.5 Å². The molecule has 0 aliphatic carbocycles. The number of amides is 1. The Hall–Kier alpha value is -2.36. The first-order valence-electron chi connectivity index (χ1n) is 10.1. The van der Waals surface area contributed by atoms with Crippen LogP contribution in [0, 0.1) is 18.3 Å². The Kier molecular flexibility index (Phi) is 5.96. The van der Waals surface area contributed by atoms with Crippen molar-refractivity contribution in [2.45, 2.75) is 23.6 Å². The second kappa shape index (κ2) is 8.77. The lowest BCUT2D eigenvalue weighted by Gasteiger charge is -2.29. The van der Waals surface area contributed by atoms with Crippen molar-refractivity contribution in [3.63, 3.8) is 0 Å². The topological polar surface area (TPSA) is 90.2 Å². The number of terminal acetylenes is 1. The third-order valence-electron chi connectivity index (χ3n) is 5.58. The minimum Gasteiger partial charge on any atom is -0.454 e. The zero-order chi connectivity index (χ0) is 23.2. The van der Waals surface area contributed by atoms with Crippen LogP contribution in [0.2, 0.25) is 4.34 Å². The average Bonchev–Trinajstić information content (AvgIpc) is 3.52. The van der Waals surface area contributed by atoms with Gasteiger partial charge in [0.25, 0.3) is 15.9 Å². The molecule has 2 aromatic heterocycles. The summed E-state index contributed by atoms with van der Waals surface area (Å²) < 4.78 is 41.2. The number of aromatic nitrogens is 1. The first kappa shape index (κ1) is 22.4. The van der Waals surface area contributed by atoms with Gasteiger partial charge < -0.3 is 14.0 Å². The summed E-state index contributed by atoms with van der Waals surface area (Å²) in [6, 6.07) is 6.78. The molecule has 2 aliphatic heterocycles. The number of nitrogens with zero attached hydrogens (tertiary/aromatic N) is 3. The lowest BCUT2D eigenvalue weighted by molar-refractivity contribution is -0.122. The van der Waals surface area contributed by atoms with Crippen molar-refractivity contribution < 1.29 is 22.7 Å². The van der Waals surface area contributed by atoms with Crippen LogP contribution in [-0.2, 0) is 21.4 Å². The number of sulfonamides is 1. The molecule has 0 saturated carbocycles. The van der Waals surface area contributed by atoms with Gasteiger partial charge in [0.15, 0.2) is 16.3 Å². The van der Waals surface area contributed by atoms with Crippen LogP contribution in [0.15, 0.2) is 33.5 Å². The first-order valence-corrected chi connectivity index (χ1v) is 13.5. The number of thiophene rings is 1. The van der Waals surface area contributed by atoms with Crippen LogP contribution in [0.25, 0.3) is 10.2 Å². The number of benzene rings is 1. The molecule has 0 spiro atoms. The summed E-state index contributed by atoms with van der Waals surface area (Å²) in [6.45, 7) is 0.932. The van der Waals surface area contributed by atoms with E-state index in [1.54, 1.807) is 10.6 Å². The largest absolute Gasteiger partial charge is 0.454 e.